The molecule has 6 nitrogen and oxygen atoms in total. The molecule has 0 spiro atoms. The van der Waals surface area contributed by atoms with Crippen LogP contribution in [0, 0.1) is 13.8 Å². The molecule has 1 N–H and O–H groups in total. The minimum absolute atomic E-state index is 0.142. The number of halogens is 3. The number of rotatable bonds is 4. The highest BCUT2D eigenvalue weighted by Gasteiger charge is 2.31. The first-order valence-corrected chi connectivity index (χ1v) is 9.05. The van der Waals surface area contributed by atoms with Crippen molar-refractivity contribution in [2.45, 2.75) is 26.1 Å². The minimum Gasteiger partial charge on any atom is -0.370 e. The Morgan fingerprint density at radius 3 is 2.71 bits per heavy atom. The molecule has 1 heterocycles. The van der Waals surface area contributed by atoms with Crippen molar-refractivity contribution in [1.29, 1.82) is 0 Å². The summed E-state index contributed by atoms with van der Waals surface area (Å²) in [6, 6.07) is 6.18. The van der Waals surface area contributed by atoms with Gasteiger partial charge in [-0.2, -0.15) is 13.2 Å². The number of hydrogen-bond donors (Lipinski definition) is 1. The SMILES string of the molecule is CN=C(NCC(=O)N(C)CC(F)(F)F)N1CCOC(c2ccc(C)cc2C)C1. The number of morpholine rings is 1. The molecule has 1 aliphatic rings. The number of hydrogen-bond acceptors (Lipinski definition) is 3. The van der Waals surface area contributed by atoms with Crippen molar-refractivity contribution in [3.05, 3.63) is 34.9 Å². The molecule has 0 radical (unpaired) electrons. The number of aryl methyl sites for hydroxylation is 2. The van der Waals surface area contributed by atoms with Gasteiger partial charge in [0.25, 0.3) is 0 Å². The number of nitrogens with zero attached hydrogens (tertiary/aromatic N) is 3. The van der Waals surface area contributed by atoms with Crippen LogP contribution in [-0.4, -0.2) is 74.7 Å². The lowest BCUT2D eigenvalue weighted by molar-refractivity contribution is -0.157. The average molecular weight is 400 g/mol. The predicted octanol–water partition coefficient (Wildman–Crippen LogP) is 2.27. The van der Waals surface area contributed by atoms with Crippen LogP contribution in [0.5, 0.6) is 0 Å². The standard InChI is InChI=1S/C19H27F3N4O2/c1-13-5-6-15(14(2)9-13)16-11-26(7-8-28-16)18(23-3)24-10-17(27)25(4)12-19(20,21)22/h5-6,9,16H,7-8,10-12H2,1-4H3,(H,23,24). The van der Waals surface area contributed by atoms with E-state index in [1.807, 2.05) is 30.9 Å². The lowest BCUT2D eigenvalue weighted by Gasteiger charge is -2.36. The van der Waals surface area contributed by atoms with Crippen LogP contribution >= 0.6 is 0 Å². The lowest BCUT2D eigenvalue weighted by atomic mass is 10.00. The topological polar surface area (TPSA) is 57.2 Å². The van der Waals surface area contributed by atoms with Gasteiger partial charge < -0.3 is 19.9 Å². The molecule has 1 aliphatic heterocycles. The second-order valence-electron chi connectivity index (χ2n) is 6.93. The molecule has 156 valence electrons. The van der Waals surface area contributed by atoms with Gasteiger partial charge in [0.1, 0.15) is 12.6 Å². The van der Waals surface area contributed by atoms with Gasteiger partial charge in [0.05, 0.1) is 19.7 Å². The molecule has 0 bridgehead atoms. The number of ether oxygens (including phenoxy) is 1. The number of carbonyl (C=O) groups is 1. The van der Waals surface area contributed by atoms with Crippen molar-refractivity contribution in [2.24, 2.45) is 4.99 Å². The highest BCUT2D eigenvalue weighted by atomic mass is 19.4. The first-order chi connectivity index (χ1) is 13.1. The van der Waals surface area contributed by atoms with Crippen LogP contribution in [0.25, 0.3) is 0 Å². The Kier molecular flexibility index (Phi) is 7.29. The third kappa shape index (κ3) is 6.12. The number of carbonyl (C=O) groups excluding carboxylic acids is 1. The highest BCUT2D eigenvalue weighted by molar-refractivity contribution is 5.86. The Balaban J connectivity index is 1.97. The van der Waals surface area contributed by atoms with Crippen molar-refractivity contribution in [3.8, 4) is 0 Å². The van der Waals surface area contributed by atoms with E-state index in [4.69, 9.17) is 4.74 Å². The Morgan fingerprint density at radius 2 is 2.11 bits per heavy atom. The van der Waals surface area contributed by atoms with Crippen LogP contribution < -0.4 is 5.32 Å². The number of benzene rings is 1. The van der Waals surface area contributed by atoms with E-state index in [1.165, 1.54) is 5.56 Å². The maximum absolute atomic E-state index is 12.4. The van der Waals surface area contributed by atoms with E-state index in [2.05, 4.69) is 16.4 Å². The second kappa shape index (κ2) is 9.27. The Labute approximate surface area is 163 Å². The largest absolute Gasteiger partial charge is 0.406 e. The maximum Gasteiger partial charge on any atom is 0.406 e. The van der Waals surface area contributed by atoms with E-state index in [-0.39, 0.29) is 12.6 Å². The van der Waals surface area contributed by atoms with Crippen molar-refractivity contribution in [2.75, 3.05) is 46.9 Å². The first-order valence-electron chi connectivity index (χ1n) is 9.05. The zero-order valence-electron chi connectivity index (χ0n) is 16.6. The molecule has 1 amide bonds. The van der Waals surface area contributed by atoms with Gasteiger partial charge in [0.2, 0.25) is 5.91 Å². The van der Waals surface area contributed by atoms with Gasteiger partial charge in [-0.25, -0.2) is 0 Å². The van der Waals surface area contributed by atoms with Gasteiger partial charge in [-0.15, -0.1) is 0 Å². The van der Waals surface area contributed by atoms with E-state index in [0.29, 0.717) is 30.6 Å². The number of aliphatic imine (C=N–C) groups is 1. The van der Waals surface area contributed by atoms with Crippen LogP contribution in [-0.2, 0) is 9.53 Å². The number of likely N-dealkylation sites (N-methyl/N-ethyl adjacent to an activating group) is 1. The fourth-order valence-electron chi connectivity index (χ4n) is 3.20. The van der Waals surface area contributed by atoms with Crippen LogP contribution in [0.1, 0.15) is 22.8 Å². The molecule has 28 heavy (non-hydrogen) atoms. The molecule has 1 fully saturated rings. The Hall–Kier alpha value is -2.29. The number of alkyl halides is 3. The Morgan fingerprint density at radius 1 is 1.39 bits per heavy atom. The molecule has 2 rings (SSSR count). The zero-order valence-corrected chi connectivity index (χ0v) is 16.6. The third-order valence-electron chi connectivity index (χ3n) is 4.59. The summed E-state index contributed by atoms with van der Waals surface area (Å²) < 4.78 is 43.2. The second-order valence-corrected chi connectivity index (χ2v) is 6.93. The molecular formula is C19H27F3N4O2. The van der Waals surface area contributed by atoms with Crippen LogP contribution in [0.4, 0.5) is 13.2 Å². The van der Waals surface area contributed by atoms with Gasteiger partial charge in [-0.3, -0.25) is 9.79 Å². The summed E-state index contributed by atoms with van der Waals surface area (Å²) in [5.74, 6) is -0.190. The number of amides is 1. The summed E-state index contributed by atoms with van der Waals surface area (Å²) in [5, 5.41) is 2.86. The molecule has 9 heteroatoms. The number of nitrogens with one attached hydrogen (secondary N) is 1. The van der Waals surface area contributed by atoms with E-state index < -0.39 is 18.6 Å². The molecule has 1 aromatic carbocycles. The summed E-state index contributed by atoms with van der Waals surface area (Å²) in [6.45, 7) is 4.13. The first kappa shape index (κ1) is 22.0. The van der Waals surface area contributed by atoms with Crippen LogP contribution in [0.3, 0.4) is 0 Å². The van der Waals surface area contributed by atoms with Crippen molar-refractivity contribution in [1.82, 2.24) is 15.1 Å². The van der Waals surface area contributed by atoms with E-state index in [1.54, 1.807) is 7.05 Å². The molecule has 1 unspecified atom stereocenters. The fraction of sp³-hybridized carbons (Fsp3) is 0.579. The summed E-state index contributed by atoms with van der Waals surface area (Å²) in [6.07, 6.45) is -4.56. The van der Waals surface area contributed by atoms with E-state index >= 15 is 0 Å². The molecule has 0 aromatic heterocycles. The van der Waals surface area contributed by atoms with Gasteiger partial charge in [0.15, 0.2) is 5.96 Å². The Bertz CT molecular complexity index is 722. The summed E-state index contributed by atoms with van der Waals surface area (Å²) >= 11 is 0. The van der Waals surface area contributed by atoms with Crippen LogP contribution in [0.15, 0.2) is 23.2 Å². The smallest absolute Gasteiger partial charge is 0.370 e. The van der Waals surface area contributed by atoms with Crippen molar-refractivity contribution >= 4 is 11.9 Å². The zero-order chi connectivity index (χ0) is 20.9. The maximum atomic E-state index is 12.4. The summed E-state index contributed by atoms with van der Waals surface area (Å²) in [5.41, 5.74) is 3.40. The van der Waals surface area contributed by atoms with Crippen LogP contribution in [0.2, 0.25) is 0 Å². The molecule has 1 saturated heterocycles. The highest BCUT2D eigenvalue weighted by Crippen LogP contribution is 2.26. The molecule has 0 saturated carbocycles. The summed E-state index contributed by atoms with van der Waals surface area (Å²) in [4.78, 5) is 18.7. The molecule has 1 atom stereocenters. The minimum atomic E-state index is -4.42. The number of guanidine groups is 1. The van der Waals surface area contributed by atoms with Crippen molar-refractivity contribution < 1.29 is 22.7 Å². The molecule has 0 aliphatic carbocycles. The van der Waals surface area contributed by atoms with Gasteiger partial charge in [-0.1, -0.05) is 23.8 Å². The van der Waals surface area contributed by atoms with E-state index in [9.17, 15) is 18.0 Å². The fourth-order valence-corrected chi connectivity index (χ4v) is 3.20. The quantitative estimate of drug-likeness (QED) is 0.622. The predicted molar refractivity (Wildman–Crippen MR) is 101 cm³/mol. The molecular weight excluding hydrogens is 373 g/mol. The van der Waals surface area contributed by atoms with E-state index in [0.717, 1.165) is 18.2 Å². The van der Waals surface area contributed by atoms with Gasteiger partial charge in [-0.05, 0) is 25.0 Å². The average Bonchev–Trinajstić information content (AvgIpc) is 2.61. The van der Waals surface area contributed by atoms with Gasteiger partial charge in [0, 0.05) is 20.6 Å². The van der Waals surface area contributed by atoms with Gasteiger partial charge >= 0.3 is 6.18 Å². The third-order valence-corrected chi connectivity index (χ3v) is 4.59. The lowest BCUT2D eigenvalue weighted by Crippen LogP contribution is -2.51. The normalized spacial score (nSPS) is 18.2. The molecule has 1 aromatic rings. The van der Waals surface area contributed by atoms with Crippen molar-refractivity contribution in [3.63, 3.8) is 0 Å². The summed E-state index contributed by atoms with van der Waals surface area (Å²) in [7, 11) is 2.71. The monoisotopic (exact) mass is 400 g/mol.